The summed E-state index contributed by atoms with van der Waals surface area (Å²) < 4.78 is 18.3. The predicted molar refractivity (Wildman–Crippen MR) is 136 cm³/mol. The summed E-state index contributed by atoms with van der Waals surface area (Å²) in [6.07, 6.45) is 6.60. The number of furan rings is 1. The number of carbonyl (C=O) groups excluding carboxylic acids is 2. The lowest BCUT2D eigenvalue weighted by atomic mass is 9.85. The zero-order valence-electron chi connectivity index (χ0n) is 21.5. The van der Waals surface area contributed by atoms with Crippen molar-refractivity contribution in [3.63, 3.8) is 0 Å². The Kier molecular flexibility index (Phi) is 6.45. The lowest BCUT2D eigenvalue weighted by molar-refractivity contribution is -0.134. The summed E-state index contributed by atoms with van der Waals surface area (Å²) in [5.74, 6) is 1.46. The highest BCUT2D eigenvalue weighted by Crippen LogP contribution is 2.34. The largest absolute Gasteiger partial charge is 0.493 e. The van der Waals surface area contributed by atoms with Crippen LogP contribution in [0.3, 0.4) is 0 Å². The van der Waals surface area contributed by atoms with Gasteiger partial charge in [0, 0.05) is 24.7 Å². The molecule has 2 amide bonds. The van der Waals surface area contributed by atoms with Gasteiger partial charge in [-0.1, -0.05) is 25.8 Å². The second-order valence-electron chi connectivity index (χ2n) is 10.3. The fourth-order valence-electron chi connectivity index (χ4n) is 5.75. The van der Waals surface area contributed by atoms with Crippen LogP contribution in [0, 0.1) is 5.92 Å². The third kappa shape index (κ3) is 4.12. The average Bonchev–Trinajstić information content (AvgIpc) is 3.47. The highest BCUT2D eigenvalue weighted by Gasteiger charge is 2.48. The molecule has 1 aliphatic heterocycles. The van der Waals surface area contributed by atoms with E-state index in [0.717, 1.165) is 30.3 Å². The van der Waals surface area contributed by atoms with Crippen LogP contribution in [0.2, 0.25) is 0 Å². The van der Waals surface area contributed by atoms with Gasteiger partial charge in [0.25, 0.3) is 5.91 Å². The van der Waals surface area contributed by atoms with E-state index in [1.54, 1.807) is 31.4 Å². The molecule has 5 rings (SSSR count). The van der Waals surface area contributed by atoms with Gasteiger partial charge in [-0.3, -0.25) is 9.59 Å². The van der Waals surface area contributed by atoms with Crippen molar-refractivity contribution in [2.45, 2.75) is 64.1 Å². The first-order valence-corrected chi connectivity index (χ1v) is 12.8. The Morgan fingerprint density at radius 2 is 1.92 bits per heavy atom. The molecule has 1 fully saturated rings. The number of ether oxygens (including phenoxy) is 2. The van der Waals surface area contributed by atoms with Crippen molar-refractivity contribution in [2.75, 3.05) is 20.8 Å². The van der Waals surface area contributed by atoms with Crippen molar-refractivity contribution in [2.24, 2.45) is 5.92 Å². The second-order valence-corrected chi connectivity index (χ2v) is 10.3. The Hall–Kier alpha value is -3.42. The van der Waals surface area contributed by atoms with Gasteiger partial charge in [-0.25, -0.2) is 0 Å². The van der Waals surface area contributed by atoms with Gasteiger partial charge in [0.05, 0.1) is 32.5 Å². The first kappa shape index (κ1) is 24.3. The van der Waals surface area contributed by atoms with E-state index in [4.69, 9.17) is 13.9 Å². The zero-order valence-corrected chi connectivity index (χ0v) is 21.5. The second kappa shape index (κ2) is 9.56. The summed E-state index contributed by atoms with van der Waals surface area (Å²) in [4.78, 5) is 29.5. The van der Waals surface area contributed by atoms with Gasteiger partial charge in [-0.15, -0.1) is 0 Å². The Bertz CT molecular complexity index is 1280. The van der Waals surface area contributed by atoms with Gasteiger partial charge in [0.2, 0.25) is 5.91 Å². The van der Waals surface area contributed by atoms with Crippen molar-refractivity contribution in [3.05, 3.63) is 47.9 Å². The van der Waals surface area contributed by atoms with Crippen LogP contribution in [0.1, 0.15) is 55.6 Å². The highest BCUT2D eigenvalue weighted by atomic mass is 16.5. The van der Waals surface area contributed by atoms with E-state index in [-0.39, 0.29) is 17.9 Å². The van der Waals surface area contributed by atoms with Crippen molar-refractivity contribution in [1.29, 1.82) is 0 Å². The molecule has 3 heterocycles. The topological polar surface area (TPSA) is 85.9 Å². The highest BCUT2D eigenvalue weighted by molar-refractivity contribution is 6.03. The number of rotatable bonds is 7. The molecule has 1 N–H and O–H groups in total. The number of fused-ring (bicyclic) bond motifs is 3. The molecule has 0 bridgehead atoms. The lowest BCUT2D eigenvalue weighted by Crippen LogP contribution is -2.65. The van der Waals surface area contributed by atoms with Gasteiger partial charge in [0.15, 0.2) is 17.1 Å². The number of methoxy groups -OCH3 is 2. The average molecular weight is 494 g/mol. The molecule has 0 radical (unpaired) electrons. The summed E-state index contributed by atoms with van der Waals surface area (Å²) in [5.41, 5.74) is 2.00. The number of benzene rings is 1. The Morgan fingerprint density at radius 1 is 1.14 bits per heavy atom. The van der Waals surface area contributed by atoms with Crippen LogP contribution in [0.15, 0.2) is 41.0 Å². The molecule has 8 heteroatoms. The van der Waals surface area contributed by atoms with E-state index >= 15 is 0 Å². The quantitative estimate of drug-likeness (QED) is 0.527. The molecule has 0 spiro atoms. The van der Waals surface area contributed by atoms with Crippen LogP contribution in [0.5, 0.6) is 11.5 Å². The number of amides is 2. The van der Waals surface area contributed by atoms with E-state index in [9.17, 15) is 9.59 Å². The summed E-state index contributed by atoms with van der Waals surface area (Å²) in [6, 6.07) is 9.51. The van der Waals surface area contributed by atoms with E-state index in [1.807, 2.05) is 35.8 Å². The summed E-state index contributed by atoms with van der Waals surface area (Å²) >= 11 is 0. The predicted octanol–water partition coefficient (Wildman–Crippen LogP) is 4.40. The van der Waals surface area contributed by atoms with Gasteiger partial charge >= 0.3 is 0 Å². The number of hydrogen-bond donors (Lipinski definition) is 1. The van der Waals surface area contributed by atoms with Crippen LogP contribution in [-0.2, 0) is 17.8 Å². The molecule has 36 heavy (non-hydrogen) atoms. The van der Waals surface area contributed by atoms with Crippen LogP contribution in [-0.4, -0.2) is 53.6 Å². The number of nitrogens with zero attached hydrogens (tertiary/aromatic N) is 2. The van der Waals surface area contributed by atoms with Gasteiger partial charge < -0.3 is 28.7 Å². The standard InChI is InChI=1S/C28H35N3O5/c1-18-7-5-6-8-20(18)29-27(33)28(2)17-30-21-12-14-36-24(21)16-22(30)26(32)31(28)13-11-19-9-10-23(34-3)25(15-19)35-4/h9-10,12,14-16,18,20H,5-8,11,13,17H2,1-4H3,(H,29,33)/t18-,20+,28-/m1/s1. The van der Waals surface area contributed by atoms with E-state index in [0.29, 0.717) is 48.2 Å². The van der Waals surface area contributed by atoms with E-state index in [1.165, 1.54) is 6.42 Å². The van der Waals surface area contributed by atoms with Crippen LogP contribution < -0.4 is 14.8 Å². The SMILES string of the molecule is COc1ccc(CCN2C(=O)c3cc4occc4n3C[C@]2(C)C(=O)N[C@H]2CCCC[C@H]2C)cc1OC. The molecule has 2 aliphatic rings. The number of hydrogen-bond acceptors (Lipinski definition) is 5. The smallest absolute Gasteiger partial charge is 0.271 e. The first-order chi connectivity index (χ1) is 17.4. The Morgan fingerprint density at radius 3 is 2.67 bits per heavy atom. The maximum atomic E-state index is 13.9. The van der Waals surface area contributed by atoms with Crippen molar-refractivity contribution >= 4 is 22.9 Å². The van der Waals surface area contributed by atoms with Gasteiger partial charge in [-0.2, -0.15) is 0 Å². The molecule has 0 saturated heterocycles. The molecule has 192 valence electrons. The Labute approximate surface area is 211 Å². The van der Waals surface area contributed by atoms with Crippen LogP contribution in [0.4, 0.5) is 0 Å². The molecule has 1 aromatic carbocycles. The molecular weight excluding hydrogens is 458 g/mol. The van der Waals surface area contributed by atoms with Crippen LogP contribution >= 0.6 is 0 Å². The third-order valence-corrected chi connectivity index (χ3v) is 8.04. The minimum Gasteiger partial charge on any atom is -0.493 e. The van der Waals surface area contributed by atoms with Gasteiger partial charge in [-0.05, 0) is 49.8 Å². The molecule has 1 saturated carbocycles. The third-order valence-electron chi connectivity index (χ3n) is 8.04. The molecule has 0 unspecified atom stereocenters. The number of carbonyl (C=O) groups is 2. The van der Waals surface area contributed by atoms with Gasteiger partial charge in [0.1, 0.15) is 11.2 Å². The number of aromatic nitrogens is 1. The molecule has 2 aromatic heterocycles. The maximum absolute atomic E-state index is 13.9. The normalized spacial score (nSPS) is 24.0. The summed E-state index contributed by atoms with van der Waals surface area (Å²) in [5, 5.41) is 3.32. The minimum absolute atomic E-state index is 0.0992. The van der Waals surface area contributed by atoms with E-state index < -0.39 is 5.54 Å². The molecule has 3 aromatic rings. The monoisotopic (exact) mass is 493 g/mol. The molecular formula is C28H35N3O5. The Balaban J connectivity index is 1.46. The van der Waals surface area contributed by atoms with Crippen LogP contribution in [0.25, 0.3) is 11.1 Å². The zero-order chi connectivity index (χ0) is 25.4. The van der Waals surface area contributed by atoms with Crippen molar-refractivity contribution in [3.8, 4) is 11.5 Å². The fourth-order valence-corrected chi connectivity index (χ4v) is 5.75. The van der Waals surface area contributed by atoms with Crippen molar-refractivity contribution < 1.29 is 23.5 Å². The first-order valence-electron chi connectivity index (χ1n) is 12.8. The molecule has 3 atom stereocenters. The van der Waals surface area contributed by atoms with E-state index in [2.05, 4.69) is 12.2 Å². The van der Waals surface area contributed by atoms with Crippen molar-refractivity contribution in [1.82, 2.24) is 14.8 Å². The molecule has 8 nitrogen and oxygen atoms in total. The minimum atomic E-state index is -1.04. The molecule has 1 aliphatic carbocycles. The summed E-state index contributed by atoms with van der Waals surface area (Å²) in [6.45, 7) is 4.85. The fraction of sp³-hybridized carbons (Fsp3) is 0.500. The lowest BCUT2D eigenvalue weighted by Gasteiger charge is -2.45. The maximum Gasteiger partial charge on any atom is 0.271 e. The summed E-state index contributed by atoms with van der Waals surface area (Å²) in [7, 11) is 3.21. The number of nitrogens with one attached hydrogen (secondary N) is 1.